The lowest BCUT2D eigenvalue weighted by atomic mass is 9.76. The van der Waals surface area contributed by atoms with Gasteiger partial charge in [-0.15, -0.1) is 0 Å². The van der Waals surface area contributed by atoms with Crippen LogP contribution in [0.15, 0.2) is 24.3 Å². The first kappa shape index (κ1) is 15.5. The fourth-order valence-electron chi connectivity index (χ4n) is 3.30. The largest absolute Gasteiger partial charge is 0.379 e. The summed E-state index contributed by atoms with van der Waals surface area (Å²) in [5, 5.41) is 3.65. The minimum absolute atomic E-state index is 0.219. The van der Waals surface area contributed by atoms with Crippen molar-refractivity contribution < 1.29 is 4.74 Å². The summed E-state index contributed by atoms with van der Waals surface area (Å²) in [6.45, 7) is 7.62. The molecule has 2 unspecified atom stereocenters. The molecule has 0 saturated heterocycles. The third-order valence-electron chi connectivity index (χ3n) is 4.56. The summed E-state index contributed by atoms with van der Waals surface area (Å²) in [6.07, 6.45) is 4.28. The number of likely N-dealkylation sites (N-methyl/N-ethyl adjacent to an activating group) is 1. The van der Waals surface area contributed by atoms with Gasteiger partial charge in [0.15, 0.2) is 0 Å². The third-order valence-corrected chi connectivity index (χ3v) is 4.56. The summed E-state index contributed by atoms with van der Waals surface area (Å²) in [4.78, 5) is 0. The van der Waals surface area contributed by atoms with E-state index in [-0.39, 0.29) is 6.10 Å². The highest BCUT2D eigenvalue weighted by atomic mass is 16.5. The Hall–Kier alpha value is -0.860. The van der Waals surface area contributed by atoms with Crippen molar-refractivity contribution in [2.75, 3.05) is 13.7 Å². The van der Waals surface area contributed by atoms with Gasteiger partial charge in [0.2, 0.25) is 0 Å². The maximum atomic E-state index is 5.80. The standard InChI is InChI=1S/C18H29NO/c1-5-19-17(18(20-4)13(2)3)16-12-7-6-11-15(16)14-9-8-10-14/h6-7,11-14,17-19H,5,8-10H2,1-4H3. The van der Waals surface area contributed by atoms with Crippen LogP contribution in [0.1, 0.15) is 63.1 Å². The molecule has 0 aliphatic heterocycles. The maximum absolute atomic E-state index is 5.80. The molecule has 0 radical (unpaired) electrons. The monoisotopic (exact) mass is 275 g/mol. The van der Waals surface area contributed by atoms with Gasteiger partial charge >= 0.3 is 0 Å². The molecule has 1 aliphatic carbocycles. The highest BCUT2D eigenvalue weighted by molar-refractivity contribution is 5.35. The first-order valence-corrected chi connectivity index (χ1v) is 8.04. The number of benzene rings is 1. The molecule has 1 aromatic rings. The van der Waals surface area contributed by atoms with Crippen molar-refractivity contribution in [3.05, 3.63) is 35.4 Å². The van der Waals surface area contributed by atoms with Gasteiger partial charge in [-0.3, -0.25) is 0 Å². The SMILES string of the molecule is CCNC(c1ccccc1C1CCC1)C(OC)C(C)C. The van der Waals surface area contributed by atoms with E-state index in [0.29, 0.717) is 12.0 Å². The van der Waals surface area contributed by atoms with Crippen molar-refractivity contribution >= 4 is 0 Å². The Morgan fingerprint density at radius 1 is 1.25 bits per heavy atom. The first-order valence-electron chi connectivity index (χ1n) is 8.04. The van der Waals surface area contributed by atoms with Crippen molar-refractivity contribution in [1.29, 1.82) is 0 Å². The summed E-state index contributed by atoms with van der Waals surface area (Å²) in [5.41, 5.74) is 2.98. The van der Waals surface area contributed by atoms with E-state index in [4.69, 9.17) is 4.74 Å². The topological polar surface area (TPSA) is 21.3 Å². The molecular formula is C18H29NO. The Balaban J connectivity index is 2.32. The second kappa shape index (κ2) is 7.24. The van der Waals surface area contributed by atoms with Crippen LogP contribution >= 0.6 is 0 Å². The van der Waals surface area contributed by atoms with Crippen LogP contribution in [-0.2, 0) is 4.74 Å². The van der Waals surface area contributed by atoms with E-state index in [9.17, 15) is 0 Å². The number of nitrogens with one attached hydrogen (secondary N) is 1. The summed E-state index contributed by atoms with van der Waals surface area (Å²) < 4.78 is 5.80. The number of ether oxygens (including phenoxy) is 1. The molecule has 1 N–H and O–H groups in total. The Labute approximate surface area is 123 Å². The van der Waals surface area contributed by atoms with Crippen LogP contribution in [0.25, 0.3) is 0 Å². The van der Waals surface area contributed by atoms with E-state index in [2.05, 4.69) is 50.4 Å². The van der Waals surface area contributed by atoms with E-state index >= 15 is 0 Å². The molecule has 2 atom stereocenters. The molecule has 0 amide bonds. The third kappa shape index (κ3) is 3.24. The van der Waals surface area contributed by atoms with Gasteiger partial charge in [0.05, 0.1) is 12.1 Å². The second-order valence-corrected chi connectivity index (χ2v) is 6.24. The van der Waals surface area contributed by atoms with E-state index < -0.39 is 0 Å². The highest BCUT2D eigenvalue weighted by Crippen LogP contribution is 2.40. The molecule has 112 valence electrons. The van der Waals surface area contributed by atoms with Gasteiger partial charge < -0.3 is 10.1 Å². The molecule has 2 nitrogen and oxygen atoms in total. The van der Waals surface area contributed by atoms with Gasteiger partial charge in [0.1, 0.15) is 0 Å². The van der Waals surface area contributed by atoms with Gasteiger partial charge in [-0.1, -0.05) is 51.5 Å². The number of hydrogen-bond donors (Lipinski definition) is 1. The highest BCUT2D eigenvalue weighted by Gasteiger charge is 2.30. The van der Waals surface area contributed by atoms with Gasteiger partial charge in [-0.05, 0) is 42.3 Å². The Bertz CT molecular complexity index is 412. The van der Waals surface area contributed by atoms with Crippen molar-refractivity contribution in [1.82, 2.24) is 5.32 Å². The first-order chi connectivity index (χ1) is 9.69. The average molecular weight is 275 g/mol. The van der Waals surface area contributed by atoms with Crippen LogP contribution in [-0.4, -0.2) is 19.8 Å². The molecule has 0 heterocycles. The lowest BCUT2D eigenvalue weighted by molar-refractivity contribution is 0.0326. The normalized spacial score (nSPS) is 18.9. The molecule has 0 bridgehead atoms. The summed E-state index contributed by atoms with van der Waals surface area (Å²) >= 11 is 0. The summed E-state index contributed by atoms with van der Waals surface area (Å²) in [7, 11) is 1.83. The van der Waals surface area contributed by atoms with E-state index in [1.54, 1.807) is 0 Å². The molecular weight excluding hydrogens is 246 g/mol. The van der Waals surface area contributed by atoms with Crippen molar-refractivity contribution in [2.24, 2.45) is 5.92 Å². The summed E-state index contributed by atoms with van der Waals surface area (Å²) in [5.74, 6) is 1.26. The minimum Gasteiger partial charge on any atom is -0.379 e. The van der Waals surface area contributed by atoms with Crippen LogP contribution in [0, 0.1) is 5.92 Å². The van der Waals surface area contributed by atoms with Crippen LogP contribution in [0.4, 0.5) is 0 Å². The fourth-order valence-corrected chi connectivity index (χ4v) is 3.30. The van der Waals surface area contributed by atoms with Gasteiger partial charge in [-0.25, -0.2) is 0 Å². The Morgan fingerprint density at radius 3 is 2.45 bits per heavy atom. The molecule has 1 fully saturated rings. The molecule has 1 aliphatic rings. The molecule has 1 saturated carbocycles. The minimum atomic E-state index is 0.219. The Morgan fingerprint density at radius 2 is 1.95 bits per heavy atom. The van der Waals surface area contributed by atoms with Gasteiger partial charge in [0.25, 0.3) is 0 Å². The number of methoxy groups -OCH3 is 1. The summed E-state index contributed by atoms with van der Waals surface area (Å²) in [6, 6.07) is 9.24. The van der Waals surface area contributed by atoms with E-state index in [1.165, 1.54) is 30.4 Å². The fraction of sp³-hybridized carbons (Fsp3) is 0.667. The van der Waals surface area contributed by atoms with E-state index in [1.807, 2.05) is 7.11 Å². The smallest absolute Gasteiger partial charge is 0.0788 e. The molecule has 0 aromatic heterocycles. The maximum Gasteiger partial charge on any atom is 0.0788 e. The van der Waals surface area contributed by atoms with Crippen molar-refractivity contribution in [3.8, 4) is 0 Å². The predicted molar refractivity (Wildman–Crippen MR) is 85.1 cm³/mol. The van der Waals surface area contributed by atoms with Gasteiger partial charge in [0, 0.05) is 7.11 Å². The quantitative estimate of drug-likeness (QED) is 0.802. The molecule has 2 rings (SSSR count). The van der Waals surface area contributed by atoms with Crippen LogP contribution in [0.2, 0.25) is 0 Å². The zero-order chi connectivity index (χ0) is 14.5. The molecule has 20 heavy (non-hydrogen) atoms. The average Bonchev–Trinajstić information content (AvgIpc) is 2.37. The number of hydrogen-bond acceptors (Lipinski definition) is 2. The Kier molecular flexibility index (Phi) is 5.62. The van der Waals surface area contributed by atoms with Crippen LogP contribution < -0.4 is 5.32 Å². The molecule has 2 heteroatoms. The zero-order valence-corrected chi connectivity index (χ0v) is 13.4. The predicted octanol–water partition coefficient (Wildman–Crippen LogP) is 4.28. The van der Waals surface area contributed by atoms with E-state index in [0.717, 1.165) is 12.5 Å². The molecule has 1 aromatic carbocycles. The van der Waals surface area contributed by atoms with Gasteiger partial charge in [-0.2, -0.15) is 0 Å². The van der Waals surface area contributed by atoms with Crippen molar-refractivity contribution in [2.45, 2.75) is 58.1 Å². The van der Waals surface area contributed by atoms with Crippen LogP contribution in [0.3, 0.4) is 0 Å². The lowest BCUT2D eigenvalue weighted by Crippen LogP contribution is -2.37. The van der Waals surface area contributed by atoms with Crippen LogP contribution in [0.5, 0.6) is 0 Å². The molecule has 0 spiro atoms. The lowest BCUT2D eigenvalue weighted by Gasteiger charge is -2.35. The zero-order valence-electron chi connectivity index (χ0n) is 13.4. The number of rotatable bonds is 7. The van der Waals surface area contributed by atoms with Crippen molar-refractivity contribution in [3.63, 3.8) is 0 Å². The second-order valence-electron chi connectivity index (χ2n) is 6.24.